The van der Waals surface area contributed by atoms with Crippen molar-refractivity contribution in [3.05, 3.63) is 47.8 Å². The summed E-state index contributed by atoms with van der Waals surface area (Å²) in [5.41, 5.74) is 2.34. The lowest BCUT2D eigenvalue weighted by Crippen LogP contribution is -2.10. The Kier molecular flexibility index (Phi) is 3.90. The zero-order valence-electron chi connectivity index (χ0n) is 10.1. The van der Waals surface area contributed by atoms with E-state index < -0.39 is 3.79 Å². The number of aromatic nitrogens is 2. The zero-order valence-corrected chi connectivity index (χ0v) is 12.3. The molecule has 0 N–H and O–H groups in total. The average molecular weight is 304 g/mol. The minimum atomic E-state index is -1.49. The van der Waals surface area contributed by atoms with Crippen molar-refractivity contribution in [3.63, 3.8) is 0 Å². The van der Waals surface area contributed by atoms with Crippen molar-refractivity contribution in [2.24, 2.45) is 0 Å². The van der Waals surface area contributed by atoms with Crippen LogP contribution in [0.4, 0.5) is 0 Å². The van der Waals surface area contributed by atoms with E-state index in [1.165, 1.54) is 0 Å². The molecule has 0 fully saturated rings. The molecule has 1 aromatic carbocycles. The van der Waals surface area contributed by atoms with Gasteiger partial charge in [0.15, 0.2) is 0 Å². The Bertz CT molecular complexity index is 527. The van der Waals surface area contributed by atoms with Gasteiger partial charge in [-0.25, -0.2) is 4.68 Å². The molecule has 96 valence electrons. The Labute approximate surface area is 121 Å². The van der Waals surface area contributed by atoms with Crippen LogP contribution >= 0.6 is 34.8 Å². The lowest BCUT2D eigenvalue weighted by molar-refractivity contribution is 0.753. The van der Waals surface area contributed by atoms with Crippen LogP contribution in [0.15, 0.2) is 36.4 Å². The maximum Gasteiger partial charge on any atom is 0.232 e. The molecule has 2 rings (SSSR count). The molecule has 5 heteroatoms. The molecule has 18 heavy (non-hydrogen) atoms. The van der Waals surface area contributed by atoms with E-state index in [4.69, 9.17) is 34.8 Å². The van der Waals surface area contributed by atoms with Gasteiger partial charge in [-0.1, -0.05) is 66.8 Å². The number of halogens is 3. The third kappa shape index (κ3) is 2.82. The quantitative estimate of drug-likeness (QED) is 0.727. The smallest absolute Gasteiger partial charge is 0.232 e. The SMILES string of the molecule is CC(C)c1cc(C(Cl)(Cl)Cl)n(-c2ccccc2)n1. The molecule has 0 saturated heterocycles. The van der Waals surface area contributed by atoms with Crippen molar-refractivity contribution < 1.29 is 0 Å². The molecule has 0 aliphatic rings. The van der Waals surface area contributed by atoms with E-state index in [0.717, 1.165) is 11.4 Å². The molecule has 2 aromatic rings. The van der Waals surface area contributed by atoms with Crippen LogP contribution in [0.5, 0.6) is 0 Å². The van der Waals surface area contributed by atoms with Crippen molar-refractivity contribution in [3.8, 4) is 5.69 Å². The monoisotopic (exact) mass is 302 g/mol. The van der Waals surface area contributed by atoms with E-state index in [1.54, 1.807) is 4.68 Å². The van der Waals surface area contributed by atoms with Gasteiger partial charge >= 0.3 is 0 Å². The summed E-state index contributed by atoms with van der Waals surface area (Å²) in [5.74, 6) is 0.279. The van der Waals surface area contributed by atoms with Gasteiger partial charge < -0.3 is 0 Å². The molecular formula is C13H13Cl3N2. The third-order valence-electron chi connectivity index (χ3n) is 2.61. The maximum atomic E-state index is 6.00. The third-order valence-corrected chi connectivity index (χ3v) is 3.19. The first-order chi connectivity index (χ1) is 8.39. The van der Waals surface area contributed by atoms with E-state index >= 15 is 0 Å². The number of benzene rings is 1. The van der Waals surface area contributed by atoms with Crippen LogP contribution in [-0.2, 0) is 3.79 Å². The van der Waals surface area contributed by atoms with E-state index in [-0.39, 0.29) is 5.92 Å². The summed E-state index contributed by atoms with van der Waals surface area (Å²) in [4.78, 5) is 0. The molecule has 0 bridgehead atoms. The predicted octanol–water partition coefficient (Wildman–Crippen LogP) is 4.82. The number of para-hydroxylation sites is 1. The van der Waals surface area contributed by atoms with Crippen molar-refractivity contribution in [2.75, 3.05) is 0 Å². The molecule has 0 radical (unpaired) electrons. The summed E-state index contributed by atoms with van der Waals surface area (Å²) < 4.78 is 0.193. The Hall–Kier alpha value is -0.700. The molecule has 2 nitrogen and oxygen atoms in total. The molecule has 0 unspecified atom stereocenters. The summed E-state index contributed by atoms with van der Waals surface area (Å²) >= 11 is 18.0. The van der Waals surface area contributed by atoms with Crippen LogP contribution in [-0.4, -0.2) is 9.78 Å². The van der Waals surface area contributed by atoms with Crippen molar-refractivity contribution in [1.29, 1.82) is 0 Å². The number of alkyl halides is 3. The molecular weight excluding hydrogens is 291 g/mol. The normalized spacial score (nSPS) is 12.1. The zero-order chi connectivity index (χ0) is 13.3. The summed E-state index contributed by atoms with van der Waals surface area (Å²) in [7, 11) is 0. The minimum Gasteiger partial charge on any atom is -0.233 e. The second kappa shape index (κ2) is 5.12. The van der Waals surface area contributed by atoms with Gasteiger partial charge in [-0.15, -0.1) is 0 Å². The van der Waals surface area contributed by atoms with Gasteiger partial charge in [-0.2, -0.15) is 5.10 Å². The summed E-state index contributed by atoms with van der Waals surface area (Å²) in [6.45, 7) is 4.11. The molecule has 0 aliphatic heterocycles. The van der Waals surface area contributed by atoms with Crippen LogP contribution in [0.2, 0.25) is 0 Å². The number of hydrogen-bond acceptors (Lipinski definition) is 1. The highest BCUT2D eigenvalue weighted by Gasteiger charge is 2.29. The van der Waals surface area contributed by atoms with Crippen molar-refractivity contribution in [1.82, 2.24) is 9.78 Å². The van der Waals surface area contributed by atoms with Gasteiger partial charge in [0.2, 0.25) is 3.79 Å². The highest BCUT2D eigenvalue weighted by Crippen LogP contribution is 2.40. The number of nitrogens with zero attached hydrogens (tertiary/aromatic N) is 2. The Morgan fingerprint density at radius 2 is 1.72 bits per heavy atom. The summed E-state index contributed by atoms with van der Waals surface area (Å²) in [5, 5.41) is 4.51. The fourth-order valence-electron chi connectivity index (χ4n) is 1.65. The van der Waals surface area contributed by atoms with Crippen molar-refractivity contribution in [2.45, 2.75) is 23.6 Å². The standard InChI is InChI=1S/C13H13Cl3N2/c1-9(2)11-8-12(13(14,15)16)18(17-11)10-6-4-3-5-7-10/h3-9H,1-2H3. The summed E-state index contributed by atoms with van der Waals surface area (Å²) in [6.07, 6.45) is 0. The molecule has 1 aromatic heterocycles. The Morgan fingerprint density at radius 3 is 2.22 bits per heavy atom. The highest BCUT2D eigenvalue weighted by molar-refractivity contribution is 6.66. The maximum absolute atomic E-state index is 6.00. The first-order valence-corrected chi connectivity index (χ1v) is 6.75. The van der Waals surface area contributed by atoms with E-state index in [9.17, 15) is 0 Å². The fourth-order valence-corrected chi connectivity index (χ4v) is 2.05. The first kappa shape index (κ1) is 13.7. The van der Waals surface area contributed by atoms with E-state index in [0.29, 0.717) is 5.69 Å². The molecule has 1 heterocycles. The van der Waals surface area contributed by atoms with Crippen LogP contribution < -0.4 is 0 Å². The number of rotatable bonds is 2. The molecule has 0 saturated carbocycles. The lowest BCUT2D eigenvalue weighted by Gasteiger charge is -2.13. The fraction of sp³-hybridized carbons (Fsp3) is 0.308. The molecule has 0 spiro atoms. The lowest BCUT2D eigenvalue weighted by atomic mass is 10.1. The molecule has 0 atom stereocenters. The second-order valence-corrected chi connectivity index (χ2v) is 6.64. The summed E-state index contributed by atoms with van der Waals surface area (Å²) in [6, 6.07) is 11.5. The van der Waals surface area contributed by atoms with Crippen molar-refractivity contribution >= 4 is 34.8 Å². The second-order valence-electron chi connectivity index (χ2n) is 4.35. The van der Waals surface area contributed by atoms with Crippen LogP contribution in [0.3, 0.4) is 0 Å². The average Bonchev–Trinajstić information content (AvgIpc) is 2.74. The Morgan fingerprint density at radius 1 is 1.11 bits per heavy atom. The molecule has 0 aliphatic carbocycles. The van der Waals surface area contributed by atoms with Crippen LogP contribution in [0.1, 0.15) is 31.2 Å². The van der Waals surface area contributed by atoms with Gasteiger partial charge in [-0.3, -0.25) is 0 Å². The number of hydrogen-bond donors (Lipinski definition) is 0. The van der Waals surface area contributed by atoms with E-state index in [2.05, 4.69) is 18.9 Å². The predicted molar refractivity (Wildman–Crippen MR) is 76.9 cm³/mol. The van der Waals surface area contributed by atoms with E-state index in [1.807, 2.05) is 36.4 Å². The van der Waals surface area contributed by atoms with Gasteiger partial charge in [0.25, 0.3) is 0 Å². The highest BCUT2D eigenvalue weighted by atomic mass is 35.6. The molecule has 0 amide bonds. The van der Waals surface area contributed by atoms with Crippen LogP contribution in [0, 0.1) is 0 Å². The van der Waals surface area contributed by atoms with Gasteiger partial charge in [-0.05, 0) is 24.1 Å². The van der Waals surface area contributed by atoms with Gasteiger partial charge in [0, 0.05) is 0 Å². The Balaban J connectivity index is 2.59. The largest absolute Gasteiger partial charge is 0.233 e. The first-order valence-electron chi connectivity index (χ1n) is 5.62. The van der Waals surface area contributed by atoms with Crippen LogP contribution in [0.25, 0.3) is 5.69 Å². The van der Waals surface area contributed by atoms with Gasteiger partial charge in [0.05, 0.1) is 17.1 Å². The minimum absolute atomic E-state index is 0.279. The topological polar surface area (TPSA) is 17.8 Å². The van der Waals surface area contributed by atoms with Gasteiger partial charge in [0.1, 0.15) is 0 Å².